The summed E-state index contributed by atoms with van der Waals surface area (Å²) >= 11 is 0. The molecule has 1 aromatic heterocycles. The molecule has 0 atom stereocenters. The molecule has 6 heteroatoms. The van der Waals surface area contributed by atoms with Crippen molar-refractivity contribution in [2.45, 2.75) is 6.92 Å². The summed E-state index contributed by atoms with van der Waals surface area (Å²) < 4.78 is 0. The Bertz CT molecular complexity index is 506. The van der Waals surface area contributed by atoms with Crippen molar-refractivity contribution < 1.29 is 10.0 Å². The third-order valence-electron chi connectivity index (χ3n) is 2.03. The molecular weight excluding hydrogens is 196 g/mol. The molecule has 0 bridgehead atoms. The van der Waals surface area contributed by atoms with Gasteiger partial charge in [-0.15, -0.1) is 5.10 Å². The van der Waals surface area contributed by atoms with Crippen LogP contribution in [-0.2, 0) is 0 Å². The Labute approximate surface area is 85.5 Å². The lowest BCUT2D eigenvalue weighted by Gasteiger charge is -2.01. The van der Waals surface area contributed by atoms with Crippen LogP contribution < -0.4 is 5.32 Å². The molecule has 15 heavy (non-hydrogen) atoms. The molecule has 0 saturated carbocycles. The standard InChI is InChI=1S/C9H10N4O2/c1-2-10-9(14)6-3-4-7-8(5-6)13(15)12-11-7/h3-5,15H,2H2,1H3,(H,10,14). The first-order chi connectivity index (χ1) is 7.22. The number of hydrogen-bond acceptors (Lipinski definition) is 4. The maximum atomic E-state index is 11.5. The zero-order valence-corrected chi connectivity index (χ0v) is 8.14. The van der Waals surface area contributed by atoms with Gasteiger partial charge in [-0.05, 0) is 30.3 Å². The molecule has 0 spiro atoms. The minimum atomic E-state index is -0.180. The van der Waals surface area contributed by atoms with Gasteiger partial charge in [-0.2, -0.15) is 0 Å². The van der Waals surface area contributed by atoms with E-state index in [0.717, 1.165) is 0 Å². The molecule has 0 saturated heterocycles. The van der Waals surface area contributed by atoms with Crippen molar-refractivity contribution in [3.8, 4) is 0 Å². The minimum Gasteiger partial charge on any atom is -0.410 e. The fourth-order valence-corrected chi connectivity index (χ4v) is 1.31. The Balaban J connectivity index is 2.45. The molecule has 6 nitrogen and oxygen atoms in total. The van der Waals surface area contributed by atoms with Crippen molar-refractivity contribution in [3.05, 3.63) is 23.8 Å². The van der Waals surface area contributed by atoms with E-state index in [2.05, 4.69) is 15.6 Å². The van der Waals surface area contributed by atoms with Crippen LogP contribution in [0.4, 0.5) is 0 Å². The summed E-state index contributed by atoms with van der Waals surface area (Å²) in [4.78, 5) is 12.1. The monoisotopic (exact) mass is 206 g/mol. The summed E-state index contributed by atoms with van der Waals surface area (Å²) in [6, 6.07) is 4.82. The van der Waals surface area contributed by atoms with E-state index in [1.807, 2.05) is 6.92 Å². The predicted molar refractivity (Wildman–Crippen MR) is 52.7 cm³/mol. The van der Waals surface area contributed by atoms with Gasteiger partial charge < -0.3 is 10.5 Å². The van der Waals surface area contributed by atoms with Crippen molar-refractivity contribution in [1.29, 1.82) is 0 Å². The van der Waals surface area contributed by atoms with E-state index in [-0.39, 0.29) is 5.91 Å². The fraction of sp³-hybridized carbons (Fsp3) is 0.222. The second-order valence-electron chi connectivity index (χ2n) is 3.04. The summed E-state index contributed by atoms with van der Waals surface area (Å²) in [6.45, 7) is 2.40. The van der Waals surface area contributed by atoms with Crippen LogP contribution in [-0.4, -0.2) is 32.8 Å². The number of benzene rings is 1. The average molecular weight is 206 g/mol. The summed E-state index contributed by atoms with van der Waals surface area (Å²) in [5.74, 6) is -0.180. The Morgan fingerprint density at radius 1 is 1.60 bits per heavy atom. The SMILES string of the molecule is CCNC(=O)c1ccc2nnn(O)c2c1. The van der Waals surface area contributed by atoms with Crippen molar-refractivity contribution in [2.75, 3.05) is 6.54 Å². The molecule has 2 aromatic rings. The zero-order chi connectivity index (χ0) is 10.8. The Morgan fingerprint density at radius 2 is 2.40 bits per heavy atom. The van der Waals surface area contributed by atoms with Crippen LogP contribution >= 0.6 is 0 Å². The number of amides is 1. The molecular formula is C9H10N4O2. The number of carbonyl (C=O) groups excluding carboxylic acids is 1. The Kier molecular flexibility index (Phi) is 2.24. The molecule has 1 amide bonds. The number of fused-ring (bicyclic) bond motifs is 1. The van der Waals surface area contributed by atoms with Gasteiger partial charge in [0.15, 0.2) is 0 Å². The second-order valence-corrected chi connectivity index (χ2v) is 3.04. The van der Waals surface area contributed by atoms with Crippen LogP contribution in [0, 0.1) is 0 Å². The molecule has 1 aromatic carbocycles. The Morgan fingerprint density at radius 3 is 3.13 bits per heavy atom. The third-order valence-corrected chi connectivity index (χ3v) is 2.03. The molecule has 0 radical (unpaired) electrons. The number of hydrogen-bond donors (Lipinski definition) is 2. The first kappa shape index (κ1) is 9.45. The lowest BCUT2D eigenvalue weighted by atomic mass is 10.2. The highest BCUT2D eigenvalue weighted by Gasteiger charge is 2.08. The summed E-state index contributed by atoms with van der Waals surface area (Å²) in [5, 5.41) is 19.1. The van der Waals surface area contributed by atoms with Crippen molar-refractivity contribution >= 4 is 16.9 Å². The van der Waals surface area contributed by atoms with Gasteiger partial charge in [0.25, 0.3) is 5.91 Å². The van der Waals surface area contributed by atoms with Crippen LogP contribution in [0.5, 0.6) is 0 Å². The molecule has 1 heterocycles. The van der Waals surface area contributed by atoms with Gasteiger partial charge in [-0.25, -0.2) is 0 Å². The number of aromatic nitrogens is 3. The van der Waals surface area contributed by atoms with Gasteiger partial charge in [0, 0.05) is 12.1 Å². The molecule has 0 fully saturated rings. The smallest absolute Gasteiger partial charge is 0.251 e. The third kappa shape index (κ3) is 1.61. The van der Waals surface area contributed by atoms with Gasteiger partial charge in [0.1, 0.15) is 11.0 Å². The normalized spacial score (nSPS) is 10.5. The number of nitrogens with zero attached hydrogens (tertiary/aromatic N) is 3. The molecule has 2 rings (SSSR count). The molecule has 78 valence electrons. The highest BCUT2D eigenvalue weighted by Crippen LogP contribution is 2.12. The van der Waals surface area contributed by atoms with Gasteiger partial charge in [-0.1, -0.05) is 4.85 Å². The highest BCUT2D eigenvalue weighted by atomic mass is 16.5. The van der Waals surface area contributed by atoms with E-state index in [1.54, 1.807) is 18.2 Å². The summed E-state index contributed by atoms with van der Waals surface area (Å²) in [5.41, 5.74) is 1.44. The zero-order valence-electron chi connectivity index (χ0n) is 8.14. The maximum absolute atomic E-state index is 11.5. The van der Waals surface area contributed by atoms with E-state index in [9.17, 15) is 10.0 Å². The van der Waals surface area contributed by atoms with E-state index >= 15 is 0 Å². The lowest BCUT2D eigenvalue weighted by Crippen LogP contribution is -2.22. The number of nitrogens with one attached hydrogen (secondary N) is 1. The van der Waals surface area contributed by atoms with Gasteiger partial charge in [0.2, 0.25) is 0 Å². The van der Waals surface area contributed by atoms with Crippen molar-refractivity contribution in [1.82, 2.24) is 20.5 Å². The predicted octanol–water partition coefficient (Wildman–Crippen LogP) is 0.418. The molecule has 0 aliphatic carbocycles. The van der Waals surface area contributed by atoms with Crippen LogP contribution in [0.1, 0.15) is 17.3 Å². The largest absolute Gasteiger partial charge is 0.410 e. The molecule has 0 unspecified atom stereocenters. The van der Waals surface area contributed by atoms with Crippen LogP contribution in [0.15, 0.2) is 18.2 Å². The summed E-state index contributed by atoms with van der Waals surface area (Å²) in [7, 11) is 0. The number of carbonyl (C=O) groups is 1. The van der Waals surface area contributed by atoms with Gasteiger partial charge in [0.05, 0.1) is 0 Å². The van der Waals surface area contributed by atoms with Crippen molar-refractivity contribution in [3.63, 3.8) is 0 Å². The van der Waals surface area contributed by atoms with E-state index < -0.39 is 0 Å². The Hall–Kier alpha value is -2.11. The number of rotatable bonds is 2. The van der Waals surface area contributed by atoms with E-state index in [0.29, 0.717) is 28.0 Å². The van der Waals surface area contributed by atoms with Crippen LogP contribution in [0.3, 0.4) is 0 Å². The van der Waals surface area contributed by atoms with Gasteiger partial charge in [-0.3, -0.25) is 4.79 Å². The topological polar surface area (TPSA) is 80.0 Å². The molecule has 0 aliphatic heterocycles. The first-order valence-electron chi connectivity index (χ1n) is 4.55. The summed E-state index contributed by atoms with van der Waals surface area (Å²) in [6.07, 6.45) is 0. The van der Waals surface area contributed by atoms with E-state index in [1.165, 1.54) is 0 Å². The van der Waals surface area contributed by atoms with Crippen LogP contribution in [0.2, 0.25) is 0 Å². The molecule has 0 aliphatic rings. The van der Waals surface area contributed by atoms with E-state index in [4.69, 9.17) is 0 Å². The quantitative estimate of drug-likeness (QED) is 0.698. The fourth-order valence-electron chi connectivity index (χ4n) is 1.31. The van der Waals surface area contributed by atoms with Crippen molar-refractivity contribution in [2.24, 2.45) is 0 Å². The van der Waals surface area contributed by atoms with Gasteiger partial charge >= 0.3 is 0 Å². The molecule has 2 N–H and O–H groups in total. The average Bonchev–Trinajstić information content (AvgIpc) is 2.60. The first-order valence-corrected chi connectivity index (χ1v) is 4.55. The second kappa shape index (κ2) is 3.56. The maximum Gasteiger partial charge on any atom is 0.251 e. The lowest BCUT2D eigenvalue weighted by molar-refractivity contribution is 0.0956. The minimum absolute atomic E-state index is 0.180. The highest BCUT2D eigenvalue weighted by molar-refractivity contribution is 5.97. The van der Waals surface area contributed by atoms with Crippen LogP contribution in [0.25, 0.3) is 11.0 Å².